The molecule has 23 heavy (non-hydrogen) atoms. The van der Waals surface area contributed by atoms with Gasteiger partial charge in [-0.15, -0.1) is 0 Å². The standard InChI is InChI=1S/C19H22I3O/c1-13-3-5-16(6-4-13)19(22-12-18(22)20)21-11-14(2)15-7-9-17(23)10-8-15/h3-10,14,18-19,23H,11-12H2,1-2H3/q-1. The molecule has 1 aliphatic rings. The predicted octanol–water partition coefficient (Wildman–Crippen LogP) is 2.87. The maximum absolute atomic E-state index is 9.45. The van der Waals surface area contributed by atoms with Crippen molar-refractivity contribution in [2.45, 2.75) is 23.6 Å². The molecule has 1 nitrogen and oxygen atoms in total. The van der Waals surface area contributed by atoms with E-state index in [1.807, 2.05) is 12.1 Å². The van der Waals surface area contributed by atoms with E-state index in [-0.39, 0.29) is 21.2 Å². The fourth-order valence-electron chi connectivity index (χ4n) is 2.44. The van der Waals surface area contributed by atoms with E-state index in [4.69, 9.17) is 0 Å². The Kier molecular flexibility index (Phi) is 6.50. The molecule has 1 N–H and O–H groups in total. The van der Waals surface area contributed by atoms with Crippen molar-refractivity contribution in [2.24, 2.45) is 0 Å². The van der Waals surface area contributed by atoms with E-state index < -0.39 is 19.8 Å². The van der Waals surface area contributed by atoms with Crippen LogP contribution in [0.25, 0.3) is 0 Å². The van der Waals surface area contributed by atoms with Gasteiger partial charge in [0, 0.05) is 0 Å². The molecule has 0 spiro atoms. The summed E-state index contributed by atoms with van der Waals surface area (Å²) in [7, 11) is 0. The molecule has 2 aromatic rings. The number of aryl methyl sites for hydroxylation is 1. The van der Waals surface area contributed by atoms with Crippen molar-refractivity contribution in [1.29, 1.82) is 0 Å². The first-order valence-electron chi connectivity index (χ1n) is 7.74. The van der Waals surface area contributed by atoms with Crippen molar-refractivity contribution in [2.75, 3.05) is 8.86 Å². The Balaban J connectivity index is 1.67. The molecule has 1 aliphatic heterocycles. The summed E-state index contributed by atoms with van der Waals surface area (Å²) in [4.78, 5) is 0. The van der Waals surface area contributed by atoms with E-state index >= 15 is 0 Å². The number of phenolic OH excluding ortho intramolecular Hbond substituents is 1. The van der Waals surface area contributed by atoms with Crippen LogP contribution in [0.1, 0.15) is 31.5 Å². The molecule has 4 heteroatoms. The van der Waals surface area contributed by atoms with E-state index in [1.165, 1.54) is 15.6 Å². The second-order valence-electron chi connectivity index (χ2n) is 5.99. The summed E-state index contributed by atoms with van der Waals surface area (Å²) in [6, 6.07) is 17.2. The molecule has 3 atom stereocenters. The Morgan fingerprint density at radius 3 is 2.26 bits per heavy atom. The summed E-state index contributed by atoms with van der Waals surface area (Å²) in [6.45, 7) is 4.52. The topological polar surface area (TPSA) is 20.2 Å². The van der Waals surface area contributed by atoms with E-state index in [1.54, 1.807) is 9.99 Å². The van der Waals surface area contributed by atoms with Gasteiger partial charge < -0.3 is 0 Å². The Labute approximate surface area is 170 Å². The zero-order valence-electron chi connectivity index (χ0n) is 13.3. The summed E-state index contributed by atoms with van der Waals surface area (Å²) in [5.41, 5.74) is 4.37. The Morgan fingerprint density at radius 1 is 1.13 bits per heavy atom. The molecule has 0 aliphatic carbocycles. The minimum atomic E-state index is -0.721. The first-order valence-corrected chi connectivity index (χ1v) is 15.8. The first-order chi connectivity index (χ1) is 11.0. The fourth-order valence-corrected chi connectivity index (χ4v) is 25.4. The monoisotopic (exact) mass is 647 g/mol. The number of halogens is 3. The van der Waals surface area contributed by atoms with Crippen LogP contribution in [0.3, 0.4) is 0 Å². The molecule has 0 saturated carbocycles. The Morgan fingerprint density at radius 2 is 1.70 bits per heavy atom. The molecule has 3 rings (SSSR count). The van der Waals surface area contributed by atoms with Crippen LogP contribution in [0.4, 0.5) is 0 Å². The molecule has 3 unspecified atom stereocenters. The van der Waals surface area contributed by atoms with Crippen molar-refractivity contribution < 1.29 is 26.3 Å². The average molecular weight is 647 g/mol. The Hall–Kier alpha value is 0.430. The summed E-state index contributed by atoms with van der Waals surface area (Å²) < 4.78 is 4.89. The second kappa shape index (κ2) is 8.21. The summed E-state index contributed by atoms with van der Waals surface area (Å²) >= 11 is 2.17. The van der Waals surface area contributed by atoms with Gasteiger partial charge >= 0.3 is 172 Å². The van der Waals surface area contributed by atoms with Gasteiger partial charge in [-0.1, -0.05) is 0 Å². The molecule has 0 radical (unpaired) electrons. The number of phenols is 1. The third kappa shape index (κ3) is 4.96. The molecular formula is C19H22I3O-. The number of aromatic hydroxyl groups is 1. The Bertz CT molecular complexity index is 639. The number of rotatable bonds is 6. The van der Waals surface area contributed by atoms with Crippen molar-refractivity contribution >= 4 is 42.4 Å². The van der Waals surface area contributed by atoms with Crippen molar-refractivity contribution in [3.8, 4) is 5.75 Å². The van der Waals surface area contributed by atoms with Crippen molar-refractivity contribution in [3.63, 3.8) is 0 Å². The molecule has 1 fully saturated rings. The number of hydrogen-bond acceptors (Lipinski definition) is 1. The normalized spacial score (nSPS) is 21.2. The van der Waals surface area contributed by atoms with Crippen LogP contribution in [0.2, 0.25) is 0 Å². The van der Waals surface area contributed by atoms with Crippen LogP contribution in [-0.2, 0) is 0 Å². The van der Waals surface area contributed by atoms with E-state index in [0.29, 0.717) is 11.7 Å². The van der Waals surface area contributed by atoms with Gasteiger partial charge in [-0.2, -0.15) is 0 Å². The van der Waals surface area contributed by atoms with Crippen LogP contribution >= 0.6 is 42.4 Å². The minimum absolute atomic E-state index is 0.194. The van der Waals surface area contributed by atoms with Gasteiger partial charge in [0.1, 0.15) is 0 Å². The van der Waals surface area contributed by atoms with E-state index in [2.05, 4.69) is 72.8 Å². The SMILES string of the molecule is Cc1ccc(C([I-]CC(C)c2ccc(O)cc2)I2CC2I)cc1. The molecular weight excluding hydrogens is 625 g/mol. The van der Waals surface area contributed by atoms with Gasteiger partial charge in [-0.05, 0) is 0 Å². The van der Waals surface area contributed by atoms with Gasteiger partial charge in [-0.3, -0.25) is 0 Å². The van der Waals surface area contributed by atoms with Gasteiger partial charge in [-0.25, -0.2) is 0 Å². The zero-order chi connectivity index (χ0) is 16.4. The summed E-state index contributed by atoms with van der Waals surface area (Å²) in [5.74, 6) is 0.979. The zero-order valence-corrected chi connectivity index (χ0v) is 19.8. The van der Waals surface area contributed by atoms with E-state index in [9.17, 15) is 5.11 Å². The molecule has 126 valence electrons. The molecule has 1 heterocycles. The summed E-state index contributed by atoms with van der Waals surface area (Å²) in [6.07, 6.45) is 0. The van der Waals surface area contributed by atoms with Crippen LogP contribution in [0.15, 0.2) is 48.5 Å². The van der Waals surface area contributed by atoms with Gasteiger partial charge in [0.05, 0.1) is 0 Å². The molecule has 0 bridgehead atoms. The second-order valence-corrected chi connectivity index (χ2v) is 21.4. The van der Waals surface area contributed by atoms with Crippen molar-refractivity contribution in [1.82, 2.24) is 0 Å². The number of hydrogen-bond donors (Lipinski definition) is 1. The summed E-state index contributed by atoms with van der Waals surface area (Å²) in [5, 5.41) is 9.45. The quantitative estimate of drug-likeness (QED) is 0.378. The average Bonchev–Trinajstić information content (AvgIpc) is 3.26. The fraction of sp³-hybridized carbons (Fsp3) is 0.368. The van der Waals surface area contributed by atoms with Crippen LogP contribution in [0, 0.1) is 6.92 Å². The molecule has 0 aromatic heterocycles. The maximum atomic E-state index is 9.45. The van der Waals surface area contributed by atoms with Gasteiger partial charge in [0.2, 0.25) is 0 Å². The number of alkyl halides is 6. The molecule has 2 aromatic carbocycles. The van der Waals surface area contributed by atoms with Crippen molar-refractivity contribution in [3.05, 3.63) is 65.2 Å². The van der Waals surface area contributed by atoms with E-state index in [0.717, 1.165) is 3.86 Å². The van der Waals surface area contributed by atoms with Gasteiger partial charge in [0.25, 0.3) is 0 Å². The van der Waals surface area contributed by atoms with Gasteiger partial charge in [0.15, 0.2) is 0 Å². The predicted molar refractivity (Wildman–Crippen MR) is 112 cm³/mol. The third-order valence-electron chi connectivity index (χ3n) is 3.99. The van der Waals surface area contributed by atoms with Crippen LogP contribution in [-0.4, -0.2) is 15.9 Å². The molecule has 0 amide bonds. The van der Waals surface area contributed by atoms with Crippen LogP contribution in [0.5, 0.6) is 5.75 Å². The first kappa shape index (κ1) is 18.2. The molecule has 1 saturated heterocycles. The third-order valence-corrected chi connectivity index (χ3v) is 24.9. The van der Waals surface area contributed by atoms with Crippen LogP contribution < -0.4 is 21.2 Å². The number of benzene rings is 2.